The zero-order chi connectivity index (χ0) is 14.4. The number of aliphatic hydroxyl groups excluding tert-OH is 1. The van der Waals surface area contributed by atoms with Crippen molar-refractivity contribution in [2.75, 3.05) is 26.2 Å². The smallest absolute Gasteiger partial charge is 0.259 e. The van der Waals surface area contributed by atoms with Gasteiger partial charge in [-0.2, -0.15) is 0 Å². The number of fused-ring (bicyclic) bond motifs is 1. The second-order valence-electron chi connectivity index (χ2n) is 5.94. The van der Waals surface area contributed by atoms with Crippen LogP contribution in [-0.2, 0) is 0 Å². The van der Waals surface area contributed by atoms with Crippen LogP contribution in [0.25, 0.3) is 5.65 Å². The normalized spacial score (nSPS) is 21.9. The first-order chi connectivity index (χ1) is 10.2. The third kappa shape index (κ3) is 2.13. The monoisotopic (exact) mass is 289 g/mol. The summed E-state index contributed by atoms with van der Waals surface area (Å²) in [7, 11) is 0. The number of imidazole rings is 1. The molecule has 7 heteroatoms. The van der Waals surface area contributed by atoms with Crippen LogP contribution in [0.15, 0.2) is 18.6 Å². The molecule has 0 saturated carbocycles. The molecule has 0 aromatic carbocycles. The molecular weight excluding hydrogens is 270 g/mol. The number of H-pyrrole nitrogens is 1. The Morgan fingerprint density at radius 2 is 2.10 bits per heavy atom. The van der Waals surface area contributed by atoms with Gasteiger partial charge in [-0.3, -0.25) is 14.8 Å². The molecule has 1 amide bonds. The molecule has 4 heterocycles. The van der Waals surface area contributed by atoms with Crippen molar-refractivity contribution in [2.45, 2.75) is 25.0 Å². The third-order valence-corrected chi connectivity index (χ3v) is 4.62. The average Bonchev–Trinajstić information content (AvgIpc) is 3.06. The highest BCUT2D eigenvalue weighted by molar-refractivity contribution is 5.99. The number of carbonyl (C=O) groups is 1. The molecule has 0 unspecified atom stereocenters. The lowest BCUT2D eigenvalue weighted by atomic mass is 9.98. The third-order valence-electron chi connectivity index (χ3n) is 4.62. The number of β-amino-alcohol motifs (C(OH)–C–C–N with tert-alkyl or cyclic N) is 1. The lowest BCUT2D eigenvalue weighted by molar-refractivity contribution is -0.0381. The molecule has 2 aromatic rings. The van der Waals surface area contributed by atoms with Crippen LogP contribution in [0.2, 0.25) is 0 Å². The molecule has 4 rings (SSSR count). The number of likely N-dealkylation sites (tertiary alicyclic amines) is 2. The molecule has 2 fully saturated rings. The van der Waals surface area contributed by atoms with Crippen molar-refractivity contribution >= 4 is 11.6 Å². The van der Waals surface area contributed by atoms with Crippen molar-refractivity contribution in [3.63, 3.8) is 0 Å². The Bertz CT molecular complexity index is 649. The Labute approximate surface area is 122 Å². The number of nitrogens with one attached hydrogen (secondary N) is 1. The zero-order valence-corrected chi connectivity index (χ0v) is 11.8. The molecule has 2 saturated heterocycles. The van der Waals surface area contributed by atoms with Gasteiger partial charge in [0.2, 0.25) is 0 Å². The first kappa shape index (κ1) is 12.8. The van der Waals surface area contributed by atoms with E-state index in [9.17, 15) is 9.90 Å². The van der Waals surface area contributed by atoms with Gasteiger partial charge < -0.3 is 10.0 Å². The van der Waals surface area contributed by atoms with Gasteiger partial charge in [-0.25, -0.2) is 9.50 Å². The van der Waals surface area contributed by atoms with Crippen LogP contribution in [0.3, 0.4) is 0 Å². The number of aromatic amines is 1. The molecule has 2 aliphatic heterocycles. The van der Waals surface area contributed by atoms with E-state index in [-0.39, 0.29) is 12.0 Å². The largest absolute Gasteiger partial charge is 0.390 e. The van der Waals surface area contributed by atoms with Crippen LogP contribution in [0, 0.1) is 0 Å². The Morgan fingerprint density at radius 3 is 2.81 bits per heavy atom. The van der Waals surface area contributed by atoms with Crippen molar-refractivity contribution < 1.29 is 9.90 Å². The number of amides is 1. The number of rotatable bonds is 2. The zero-order valence-electron chi connectivity index (χ0n) is 11.8. The van der Waals surface area contributed by atoms with Gasteiger partial charge in [0.1, 0.15) is 5.56 Å². The van der Waals surface area contributed by atoms with E-state index in [0.29, 0.717) is 17.3 Å². The van der Waals surface area contributed by atoms with Crippen molar-refractivity contribution in [3.8, 4) is 0 Å². The van der Waals surface area contributed by atoms with Crippen molar-refractivity contribution in [1.82, 2.24) is 24.4 Å². The van der Waals surface area contributed by atoms with E-state index in [4.69, 9.17) is 0 Å². The quantitative estimate of drug-likeness (QED) is 0.812. The van der Waals surface area contributed by atoms with Crippen molar-refractivity contribution in [1.29, 1.82) is 0 Å². The van der Waals surface area contributed by atoms with E-state index in [1.54, 1.807) is 23.1 Å². The summed E-state index contributed by atoms with van der Waals surface area (Å²) in [5.41, 5.74) is 1.32. The Balaban J connectivity index is 1.42. The molecule has 0 bridgehead atoms. The summed E-state index contributed by atoms with van der Waals surface area (Å²) < 4.78 is 1.75. The van der Waals surface area contributed by atoms with Gasteiger partial charge in [0.05, 0.1) is 6.10 Å². The van der Waals surface area contributed by atoms with E-state index in [0.717, 1.165) is 39.0 Å². The van der Waals surface area contributed by atoms with Gasteiger partial charge in [0, 0.05) is 50.8 Å². The van der Waals surface area contributed by atoms with E-state index in [1.807, 2.05) is 4.90 Å². The molecule has 0 aliphatic carbocycles. The van der Waals surface area contributed by atoms with Crippen LogP contribution in [0.4, 0.5) is 0 Å². The topological polar surface area (TPSA) is 76.9 Å². The van der Waals surface area contributed by atoms with Crippen LogP contribution < -0.4 is 0 Å². The standard InChI is InChI=1S/C14H19N5O2/c20-11-8-18(9-11)10-1-4-17(5-2-10)14(21)12-7-16-19-6-3-15-13(12)19/h3,6-7,10-11,16,20H,1-2,4-5,8-9H2. The van der Waals surface area contributed by atoms with E-state index in [1.165, 1.54) is 0 Å². The maximum atomic E-state index is 12.6. The number of piperidine rings is 1. The lowest BCUT2D eigenvalue weighted by Gasteiger charge is -2.45. The minimum atomic E-state index is -0.154. The first-order valence-electron chi connectivity index (χ1n) is 7.44. The van der Waals surface area contributed by atoms with Crippen molar-refractivity contribution in [3.05, 3.63) is 24.2 Å². The van der Waals surface area contributed by atoms with Crippen LogP contribution in [-0.4, -0.2) is 73.7 Å². The maximum Gasteiger partial charge on any atom is 0.259 e. The van der Waals surface area contributed by atoms with Crippen molar-refractivity contribution in [2.24, 2.45) is 0 Å². The summed E-state index contributed by atoms with van der Waals surface area (Å²) in [6, 6.07) is 0.509. The molecular formula is C14H19N5O2. The number of aromatic nitrogens is 3. The number of carbonyl (C=O) groups excluding carboxylic acids is 1. The van der Waals surface area contributed by atoms with Crippen LogP contribution in [0.1, 0.15) is 23.2 Å². The van der Waals surface area contributed by atoms with Gasteiger partial charge in [0.15, 0.2) is 5.65 Å². The van der Waals surface area contributed by atoms with Crippen LogP contribution in [0.5, 0.6) is 0 Å². The molecule has 21 heavy (non-hydrogen) atoms. The molecule has 2 aliphatic rings. The molecule has 7 nitrogen and oxygen atoms in total. The van der Waals surface area contributed by atoms with Gasteiger partial charge in [-0.1, -0.05) is 0 Å². The molecule has 0 radical (unpaired) electrons. The van der Waals surface area contributed by atoms with Gasteiger partial charge >= 0.3 is 0 Å². The highest BCUT2D eigenvalue weighted by atomic mass is 16.3. The highest BCUT2D eigenvalue weighted by Crippen LogP contribution is 2.23. The number of hydrogen-bond donors (Lipinski definition) is 2. The Hall–Kier alpha value is -1.86. The van der Waals surface area contributed by atoms with E-state index < -0.39 is 0 Å². The van der Waals surface area contributed by atoms with Gasteiger partial charge in [0.25, 0.3) is 5.91 Å². The summed E-state index contributed by atoms with van der Waals surface area (Å²) >= 11 is 0. The fourth-order valence-corrected chi connectivity index (χ4v) is 3.35. The molecule has 2 N–H and O–H groups in total. The number of nitrogens with zero attached hydrogens (tertiary/aromatic N) is 4. The van der Waals surface area contributed by atoms with Gasteiger partial charge in [-0.05, 0) is 12.8 Å². The summed E-state index contributed by atoms with van der Waals surface area (Å²) in [6.07, 6.45) is 7.01. The summed E-state index contributed by atoms with van der Waals surface area (Å²) in [5.74, 6) is 0.0505. The summed E-state index contributed by atoms with van der Waals surface area (Å²) in [6.45, 7) is 3.11. The first-order valence-corrected chi connectivity index (χ1v) is 7.44. The van der Waals surface area contributed by atoms with Crippen LogP contribution >= 0.6 is 0 Å². The minimum absolute atomic E-state index is 0.0505. The SMILES string of the molecule is O=C(c1c[nH]n2ccnc12)N1CCC(N2CC(O)C2)CC1. The predicted octanol–water partition coefficient (Wildman–Crippen LogP) is -0.0565. The summed E-state index contributed by atoms with van der Waals surface area (Å²) in [4.78, 5) is 21.0. The molecule has 112 valence electrons. The number of aliphatic hydroxyl groups is 1. The van der Waals surface area contributed by atoms with E-state index in [2.05, 4.69) is 15.0 Å². The minimum Gasteiger partial charge on any atom is -0.390 e. The number of hydrogen-bond acceptors (Lipinski definition) is 4. The second-order valence-corrected chi connectivity index (χ2v) is 5.94. The maximum absolute atomic E-state index is 12.6. The fourth-order valence-electron chi connectivity index (χ4n) is 3.35. The lowest BCUT2D eigenvalue weighted by Crippen LogP contribution is -2.58. The predicted molar refractivity (Wildman–Crippen MR) is 76.0 cm³/mol. The summed E-state index contributed by atoms with van der Waals surface area (Å²) in [5, 5.41) is 12.4. The molecule has 0 atom stereocenters. The van der Waals surface area contributed by atoms with E-state index >= 15 is 0 Å². The average molecular weight is 289 g/mol. The second kappa shape index (κ2) is 4.85. The molecule has 0 spiro atoms. The fraction of sp³-hybridized carbons (Fsp3) is 0.571. The molecule has 2 aromatic heterocycles. The van der Waals surface area contributed by atoms with Gasteiger partial charge in [-0.15, -0.1) is 0 Å². The highest BCUT2D eigenvalue weighted by Gasteiger charge is 2.34. The Kier molecular flexibility index (Phi) is 2.97. The Morgan fingerprint density at radius 1 is 1.33 bits per heavy atom.